The number of nitrogens with two attached hydrogens (primary N) is 2. The molecule has 0 saturated heterocycles. The van der Waals surface area contributed by atoms with Crippen molar-refractivity contribution in [3.63, 3.8) is 0 Å². The van der Waals surface area contributed by atoms with E-state index in [1.54, 1.807) is 12.1 Å². The van der Waals surface area contributed by atoms with E-state index in [2.05, 4.69) is 20.6 Å². The number of nitrogens with zero attached hydrogens (tertiary/aromatic N) is 2. The Kier molecular flexibility index (Phi) is 7.84. The fraction of sp³-hybridized carbons (Fsp3) is 0.125. The van der Waals surface area contributed by atoms with Crippen LogP contribution in [0.15, 0.2) is 58.5 Å². The van der Waals surface area contributed by atoms with Gasteiger partial charge in [-0.05, 0) is 48.5 Å². The summed E-state index contributed by atoms with van der Waals surface area (Å²) in [5, 5.41) is 6.36. The Hall–Kier alpha value is -2.64. The van der Waals surface area contributed by atoms with Gasteiger partial charge in [0, 0.05) is 12.2 Å². The van der Waals surface area contributed by atoms with E-state index in [-0.39, 0.29) is 30.8 Å². The largest absolute Gasteiger partial charge is 0.457 e. The lowest BCUT2D eigenvalue weighted by molar-refractivity contribution is 0.483. The molecule has 0 unspecified atom stereocenters. The second-order valence-corrected chi connectivity index (χ2v) is 4.94. The molecule has 0 radical (unpaired) electrons. The van der Waals surface area contributed by atoms with E-state index in [4.69, 9.17) is 16.2 Å². The molecule has 0 bridgehead atoms. The van der Waals surface area contributed by atoms with Gasteiger partial charge < -0.3 is 26.8 Å². The highest BCUT2D eigenvalue weighted by Crippen LogP contribution is 2.25. The Balaban J connectivity index is 0.00000156. The summed E-state index contributed by atoms with van der Waals surface area (Å²) in [5.74, 6) is 2.28. The molecule has 7 nitrogen and oxygen atoms in total. The molecule has 6 N–H and O–H groups in total. The van der Waals surface area contributed by atoms with Gasteiger partial charge in [-0.15, -0.1) is 24.8 Å². The number of anilines is 1. The van der Waals surface area contributed by atoms with Gasteiger partial charge in [-0.3, -0.25) is 4.99 Å². The maximum Gasteiger partial charge on any atom is 0.195 e. The Morgan fingerprint density at radius 3 is 2.12 bits per heavy atom. The van der Waals surface area contributed by atoms with Gasteiger partial charge >= 0.3 is 0 Å². The molecule has 25 heavy (non-hydrogen) atoms. The summed E-state index contributed by atoms with van der Waals surface area (Å²) in [6.07, 6.45) is 0. The highest BCUT2D eigenvalue weighted by molar-refractivity contribution is 5.94. The molecule has 0 fully saturated rings. The lowest BCUT2D eigenvalue weighted by Crippen LogP contribution is -2.26. The molecule has 2 aromatic carbocycles. The van der Waals surface area contributed by atoms with E-state index in [0.29, 0.717) is 11.4 Å². The molecule has 0 aliphatic carbocycles. The molecule has 2 aromatic rings. The molecule has 0 spiro atoms. The van der Waals surface area contributed by atoms with Crippen LogP contribution in [0.25, 0.3) is 0 Å². The zero-order valence-electron chi connectivity index (χ0n) is 13.3. The van der Waals surface area contributed by atoms with Crippen molar-refractivity contribution in [2.45, 2.75) is 0 Å². The van der Waals surface area contributed by atoms with E-state index >= 15 is 0 Å². The van der Waals surface area contributed by atoms with E-state index in [1.165, 1.54) is 0 Å². The Bertz CT molecular complexity index is 727. The van der Waals surface area contributed by atoms with Crippen LogP contribution in [0, 0.1) is 0 Å². The second kappa shape index (κ2) is 9.61. The summed E-state index contributed by atoms with van der Waals surface area (Å²) in [6.45, 7) is 1.68. The first kappa shape index (κ1) is 20.4. The SMILES string of the molecule is Cl.Cl.NC(N)=Nc1ccc(Oc2ccc(NC3=NCCN3)cc2)cc1. The summed E-state index contributed by atoms with van der Waals surface area (Å²) in [6, 6.07) is 14.8. The minimum Gasteiger partial charge on any atom is -0.457 e. The molecule has 1 aliphatic heterocycles. The molecule has 3 rings (SSSR count). The standard InChI is InChI=1S/C16H18N6O.2ClH/c17-15(18)21-11-1-5-13(6-2-11)23-14-7-3-12(4-8-14)22-16-19-9-10-20-16;;/h1-8H,9-10H2,(H4,17,18,21)(H2,19,20,22);2*1H. The van der Waals surface area contributed by atoms with E-state index in [9.17, 15) is 0 Å². The van der Waals surface area contributed by atoms with Crippen LogP contribution in [0.5, 0.6) is 11.5 Å². The normalized spacial score (nSPS) is 11.9. The molecule has 0 aromatic heterocycles. The summed E-state index contributed by atoms with van der Waals surface area (Å²) < 4.78 is 5.78. The Labute approximate surface area is 158 Å². The number of hydrogen-bond acceptors (Lipinski definition) is 5. The highest BCUT2D eigenvalue weighted by Gasteiger charge is 2.05. The maximum atomic E-state index is 5.78. The van der Waals surface area contributed by atoms with Crippen molar-refractivity contribution in [1.29, 1.82) is 0 Å². The highest BCUT2D eigenvalue weighted by atomic mass is 35.5. The predicted octanol–water partition coefficient (Wildman–Crippen LogP) is 2.60. The van der Waals surface area contributed by atoms with Crippen molar-refractivity contribution in [3.05, 3.63) is 48.5 Å². The molecular formula is C16H20Cl2N6O. The number of halogens is 2. The topological polar surface area (TPSA) is 110 Å². The monoisotopic (exact) mass is 382 g/mol. The third-order valence-corrected chi connectivity index (χ3v) is 3.12. The predicted molar refractivity (Wildman–Crippen MR) is 107 cm³/mol. The van der Waals surface area contributed by atoms with Gasteiger partial charge in [0.15, 0.2) is 11.9 Å². The number of hydrogen-bond donors (Lipinski definition) is 4. The lowest BCUT2D eigenvalue weighted by Gasteiger charge is -2.09. The second-order valence-electron chi connectivity index (χ2n) is 4.94. The van der Waals surface area contributed by atoms with Crippen LogP contribution in [0.3, 0.4) is 0 Å². The van der Waals surface area contributed by atoms with Crippen LogP contribution >= 0.6 is 24.8 Å². The van der Waals surface area contributed by atoms with Gasteiger partial charge in [0.1, 0.15) is 11.5 Å². The molecule has 0 amide bonds. The maximum absolute atomic E-state index is 5.78. The van der Waals surface area contributed by atoms with Crippen LogP contribution < -0.4 is 26.8 Å². The first-order valence-corrected chi connectivity index (χ1v) is 7.22. The Morgan fingerprint density at radius 2 is 1.60 bits per heavy atom. The van der Waals surface area contributed by atoms with Gasteiger partial charge in [-0.2, -0.15) is 0 Å². The smallest absolute Gasteiger partial charge is 0.195 e. The Morgan fingerprint density at radius 1 is 1.00 bits per heavy atom. The van der Waals surface area contributed by atoms with Crippen molar-refractivity contribution in [1.82, 2.24) is 5.32 Å². The van der Waals surface area contributed by atoms with Crippen LogP contribution in [0.1, 0.15) is 0 Å². The van der Waals surface area contributed by atoms with E-state index in [1.807, 2.05) is 36.4 Å². The zero-order valence-corrected chi connectivity index (χ0v) is 14.9. The molecule has 0 atom stereocenters. The van der Waals surface area contributed by atoms with Crippen molar-refractivity contribution in [3.8, 4) is 11.5 Å². The molecular weight excluding hydrogens is 363 g/mol. The molecule has 9 heteroatoms. The number of aliphatic imine (C=N–C) groups is 2. The quantitative estimate of drug-likeness (QED) is 0.479. The number of guanidine groups is 2. The minimum atomic E-state index is 0. The van der Waals surface area contributed by atoms with Gasteiger partial charge in [0.25, 0.3) is 0 Å². The fourth-order valence-corrected chi connectivity index (χ4v) is 2.10. The number of ether oxygens (including phenoxy) is 1. The summed E-state index contributed by atoms with van der Waals surface area (Å²) >= 11 is 0. The molecule has 134 valence electrons. The molecule has 0 saturated carbocycles. The third-order valence-electron chi connectivity index (χ3n) is 3.12. The van der Waals surface area contributed by atoms with Gasteiger partial charge in [-0.1, -0.05) is 0 Å². The van der Waals surface area contributed by atoms with Gasteiger partial charge in [0.05, 0.1) is 12.2 Å². The zero-order chi connectivity index (χ0) is 16.1. The third kappa shape index (κ3) is 6.06. The van der Waals surface area contributed by atoms with E-state index in [0.717, 1.165) is 30.5 Å². The van der Waals surface area contributed by atoms with Crippen molar-refractivity contribution in [2.24, 2.45) is 21.5 Å². The number of rotatable bonds is 4. The average Bonchev–Trinajstić information content (AvgIpc) is 3.04. The molecule has 1 aliphatic rings. The van der Waals surface area contributed by atoms with E-state index < -0.39 is 0 Å². The van der Waals surface area contributed by atoms with Crippen molar-refractivity contribution >= 4 is 48.1 Å². The summed E-state index contributed by atoms with van der Waals surface area (Å²) in [7, 11) is 0. The van der Waals surface area contributed by atoms with Gasteiger partial charge in [-0.25, -0.2) is 4.99 Å². The summed E-state index contributed by atoms with van der Waals surface area (Å²) in [5.41, 5.74) is 12.3. The first-order valence-electron chi connectivity index (χ1n) is 7.22. The van der Waals surface area contributed by atoms with Crippen LogP contribution in [-0.2, 0) is 0 Å². The number of benzene rings is 2. The first-order chi connectivity index (χ1) is 11.2. The van der Waals surface area contributed by atoms with Crippen LogP contribution in [-0.4, -0.2) is 25.0 Å². The lowest BCUT2D eigenvalue weighted by atomic mass is 10.3. The summed E-state index contributed by atoms with van der Waals surface area (Å²) in [4.78, 5) is 8.24. The van der Waals surface area contributed by atoms with Crippen LogP contribution in [0.2, 0.25) is 0 Å². The molecule has 1 heterocycles. The minimum absolute atomic E-state index is 0. The van der Waals surface area contributed by atoms with Crippen LogP contribution in [0.4, 0.5) is 11.4 Å². The number of nitrogens with one attached hydrogen (secondary N) is 2. The average molecular weight is 383 g/mol. The van der Waals surface area contributed by atoms with Crippen molar-refractivity contribution in [2.75, 3.05) is 18.4 Å². The van der Waals surface area contributed by atoms with Gasteiger partial charge in [0.2, 0.25) is 0 Å². The fourth-order valence-electron chi connectivity index (χ4n) is 2.10. The van der Waals surface area contributed by atoms with Crippen molar-refractivity contribution < 1.29 is 4.74 Å².